The maximum absolute atomic E-state index is 12.4. The van der Waals surface area contributed by atoms with Gasteiger partial charge in [0.05, 0.1) is 0 Å². The molecule has 1 saturated carbocycles. The molecule has 6 heteroatoms. The normalized spacial score (nSPS) is 24.8. The summed E-state index contributed by atoms with van der Waals surface area (Å²) in [5.41, 5.74) is 0.636. The van der Waals surface area contributed by atoms with Crippen molar-refractivity contribution in [3.05, 3.63) is 53.2 Å². The first kappa shape index (κ1) is 15.4. The van der Waals surface area contributed by atoms with Gasteiger partial charge in [-0.25, -0.2) is 4.98 Å². The molecule has 1 aliphatic carbocycles. The van der Waals surface area contributed by atoms with Gasteiger partial charge in [0.2, 0.25) is 5.88 Å². The second-order valence-corrected chi connectivity index (χ2v) is 6.79. The van der Waals surface area contributed by atoms with Crippen molar-refractivity contribution in [2.75, 3.05) is 6.54 Å². The third-order valence-electron chi connectivity index (χ3n) is 4.72. The van der Waals surface area contributed by atoms with Gasteiger partial charge < -0.3 is 15.4 Å². The predicted molar refractivity (Wildman–Crippen MR) is 91.5 cm³/mol. The van der Waals surface area contributed by atoms with E-state index in [2.05, 4.69) is 15.6 Å². The summed E-state index contributed by atoms with van der Waals surface area (Å²) in [5, 5.41) is 7.17. The largest absolute Gasteiger partial charge is 0.439 e. The molecule has 124 valence electrons. The maximum atomic E-state index is 12.4. The van der Waals surface area contributed by atoms with Crippen molar-refractivity contribution in [1.82, 2.24) is 15.6 Å². The third kappa shape index (κ3) is 3.23. The number of ether oxygens (including phenoxy) is 1. The monoisotopic (exact) mass is 343 g/mol. The minimum atomic E-state index is -0.0278. The number of carbonyl (C=O) groups excluding carboxylic acids is 1. The molecule has 0 radical (unpaired) electrons. The smallest absolute Gasteiger partial charge is 0.251 e. The Balaban J connectivity index is 1.39. The van der Waals surface area contributed by atoms with Gasteiger partial charge >= 0.3 is 0 Å². The van der Waals surface area contributed by atoms with Crippen LogP contribution in [0.4, 0.5) is 0 Å². The van der Waals surface area contributed by atoms with E-state index in [1.807, 2.05) is 0 Å². The minimum Gasteiger partial charge on any atom is -0.439 e. The molecule has 1 aromatic heterocycles. The lowest BCUT2D eigenvalue weighted by atomic mass is 10.0. The van der Waals surface area contributed by atoms with Crippen LogP contribution in [0.1, 0.15) is 23.2 Å². The first-order valence-corrected chi connectivity index (χ1v) is 8.49. The van der Waals surface area contributed by atoms with Crippen molar-refractivity contribution in [3.63, 3.8) is 0 Å². The lowest BCUT2D eigenvalue weighted by Gasteiger charge is -2.23. The zero-order chi connectivity index (χ0) is 16.5. The van der Waals surface area contributed by atoms with Gasteiger partial charge in [-0.15, -0.1) is 0 Å². The van der Waals surface area contributed by atoms with Gasteiger partial charge in [0, 0.05) is 41.5 Å². The minimum absolute atomic E-state index is 0.0278. The molecule has 1 aliphatic heterocycles. The van der Waals surface area contributed by atoms with Crippen LogP contribution in [-0.4, -0.2) is 29.5 Å². The standard InChI is InChI=1S/C18H18ClN3O2/c19-13-5-6-20-17(8-13)24-15-3-1-11(2-4-15)18(23)22-16-9-14-7-12(16)10-21-14/h1-6,8,12,14,16,21H,7,9-10H2,(H,22,23). The number of aromatic nitrogens is 1. The number of piperidine rings is 1. The van der Waals surface area contributed by atoms with Crippen LogP contribution in [0, 0.1) is 5.92 Å². The molecule has 3 unspecified atom stereocenters. The molecule has 5 nitrogen and oxygen atoms in total. The van der Waals surface area contributed by atoms with Crippen molar-refractivity contribution in [2.24, 2.45) is 5.92 Å². The van der Waals surface area contributed by atoms with Crippen LogP contribution in [0.15, 0.2) is 42.6 Å². The molecule has 2 aromatic rings. The number of hydrogen-bond acceptors (Lipinski definition) is 4. The Morgan fingerprint density at radius 1 is 1.25 bits per heavy atom. The summed E-state index contributed by atoms with van der Waals surface area (Å²) in [6, 6.07) is 11.2. The second kappa shape index (κ2) is 6.42. The van der Waals surface area contributed by atoms with E-state index in [0.717, 1.165) is 13.0 Å². The average molecular weight is 344 g/mol. The summed E-state index contributed by atoms with van der Waals surface area (Å²) in [4.78, 5) is 16.5. The average Bonchev–Trinajstić information content (AvgIpc) is 3.18. The molecule has 4 rings (SSSR count). The first-order chi connectivity index (χ1) is 11.7. The van der Waals surface area contributed by atoms with Crippen LogP contribution >= 0.6 is 11.6 Å². The summed E-state index contributed by atoms with van der Waals surface area (Å²) in [5.74, 6) is 1.58. The van der Waals surface area contributed by atoms with Gasteiger partial charge in [0.1, 0.15) is 5.75 Å². The zero-order valence-corrected chi connectivity index (χ0v) is 13.8. The van der Waals surface area contributed by atoms with E-state index in [1.165, 1.54) is 6.42 Å². The van der Waals surface area contributed by atoms with Crippen LogP contribution in [0.3, 0.4) is 0 Å². The summed E-state index contributed by atoms with van der Waals surface area (Å²) < 4.78 is 5.63. The molecule has 1 saturated heterocycles. The van der Waals surface area contributed by atoms with Gasteiger partial charge in [-0.2, -0.15) is 0 Å². The number of carbonyl (C=O) groups is 1. The molecule has 1 aromatic carbocycles. The van der Waals surface area contributed by atoms with E-state index in [1.54, 1.807) is 42.6 Å². The number of benzene rings is 1. The topological polar surface area (TPSA) is 63.2 Å². The SMILES string of the molecule is O=C(NC1CC2CC1CN2)c1ccc(Oc2cc(Cl)ccn2)cc1. The van der Waals surface area contributed by atoms with Crippen molar-refractivity contribution in [1.29, 1.82) is 0 Å². The van der Waals surface area contributed by atoms with E-state index in [4.69, 9.17) is 16.3 Å². The fourth-order valence-electron chi connectivity index (χ4n) is 3.50. The van der Waals surface area contributed by atoms with Crippen LogP contribution < -0.4 is 15.4 Å². The second-order valence-electron chi connectivity index (χ2n) is 6.36. The highest BCUT2D eigenvalue weighted by molar-refractivity contribution is 6.30. The number of amides is 1. The van der Waals surface area contributed by atoms with Crippen molar-refractivity contribution < 1.29 is 9.53 Å². The molecular weight excluding hydrogens is 326 g/mol. The van der Waals surface area contributed by atoms with Gasteiger partial charge in [0.15, 0.2) is 0 Å². The summed E-state index contributed by atoms with van der Waals surface area (Å²) in [6.45, 7) is 1.01. The van der Waals surface area contributed by atoms with Crippen LogP contribution in [0.5, 0.6) is 11.6 Å². The van der Waals surface area contributed by atoms with E-state index >= 15 is 0 Å². The van der Waals surface area contributed by atoms with Crippen LogP contribution in [0.25, 0.3) is 0 Å². The number of fused-ring (bicyclic) bond motifs is 2. The third-order valence-corrected chi connectivity index (χ3v) is 4.95. The predicted octanol–water partition coefficient (Wildman–Crippen LogP) is 3.01. The lowest BCUT2D eigenvalue weighted by Crippen LogP contribution is -2.44. The zero-order valence-electron chi connectivity index (χ0n) is 13.0. The molecular formula is C18H18ClN3O2. The Kier molecular flexibility index (Phi) is 4.12. The van der Waals surface area contributed by atoms with E-state index in [0.29, 0.717) is 34.2 Å². The Hall–Kier alpha value is -2.11. The highest BCUT2D eigenvalue weighted by Crippen LogP contribution is 2.31. The Morgan fingerprint density at radius 3 is 2.75 bits per heavy atom. The van der Waals surface area contributed by atoms with Gasteiger partial charge in [-0.3, -0.25) is 4.79 Å². The fraction of sp³-hybridized carbons (Fsp3) is 0.333. The molecule has 0 spiro atoms. The molecule has 2 fully saturated rings. The summed E-state index contributed by atoms with van der Waals surface area (Å²) >= 11 is 5.91. The first-order valence-electron chi connectivity index (χ1n) is 8.11. The fourth-order valence-corrected chi connectivity index (χ4v) is 3.65. The van der Waals surface area contributed by atoms with Gasteiger partial charge in [0.25, 0.3) is 5.91 Å². The number of hydrogen-bond donors (Lipinski definition) is 2. The summed E-state index contributed by atoms with van der Waals surface area (Å²) in [6.07, 6.45) is 3.78. The molecule has 2 bridgehead atoms. The number of pyridine rings is 1. The maximum Gasteiger partial charge on any atom is 0.251 e. The van der Waals surface area contributed by atoms with Gasteiger partial charge in [-0.1, -0.05) is 11.6 Å². The highest BCUT2D eigenvalue weighted by Gasteiger charge is 2.40. The molecule has 24 heavy (non-hydrogen) atoms. The number of nitrogens with one attached hydrogen (secondary N) is 2. The molecule has 2 N–H and O–H groups in total. The van der Waals surface area contributed by atoms with Crippen molar-refractivity contribution in [2.45, 2.75) is 24.9 Å². The molecule has 1 amide bonds. The Bertz CT molecular complexity index is 750. The Morgan fingerprint density at radius 2 is 2.08 bits per heavy atom. The Labute approximate surface area is 145 Å². The summed E-state index contributed by atoms with van der Waals surface area (Å²) in [7, 11) is 0. The lowest BCUT2D eigenvalue weighted by molar-refractivity contribution is 0.0925. The molecule has 2 aliphatic rings. The van der Waals surface area contributed by atoms with Gasteiger partial charge in [-0.05, 0) is 49.1 Å². The van der Waals surface area contributed by atoms with E-state index in [-0.39, 0.29) is 11.9 Å². The number of rotatable bonds is 4. The van der Waals surface area contributed by atoms with E-state index < -0.39 is 0 Å². The molecule has 2 heterocycles. The highest BCUT2D eigenvalue weighted by atomic mass is 35.5. The molecule has 3 atom stereocenters. The van der Waals surface area contributed by atoms with Crippen LogP contribution in [0.2, 0.25) is 5.02 Å². The quantitative estimate of drug-likeness (QED) is 0.895. The van der Waals surface area contributed by atoms with Crippen LogP contribution in [-0.2, 0) is 0 Å². The number of nitrogens with zero attached hydrogens (tertiary/aromatic N) is 1. The van der Waals surface area contributed by atoms with E-state index in [9.17, 15) is 4.79 Å². The van der Waals surface area contributed by atoms with Crippen molar-refractivity contribution >= 4 is 17.5 Å². The van der Waals surface area contributed by atoms with Crippen molar-refractivity contribution in [3.8, 4) is 11.6 Å². The number of halogens is 1.